The summed E-state index contributed by atoms with van der Waals surface area (Å²) in [5, 5.41) is 5.59. The first-order valence-electron chi connectivity index (χ1n) is 9.25. The average Bonchev–Trinajstić information content (AvgIpc) is 3.11. The molecule has 5 heteroatoms. The second kappa shape index (κ2) is 8.02. The van der Waals surface area contributed by atoms with Crippen molar-refractivity contribution in [2.75, 3.05) is 14.2 Å². The molecule has 0 aliphatic rings. The minimum absolute atomic E-state index is 0.644. The molecule has 0 amide bonds. The SMILES string of the molecule is COc1ccc(-c2nn(-c3ccccc3Cl)c(-c3ccc(OC)cc3)c2C)cc1. The lowest BCUT2D eigenvalue weighted by molar-refractivity contribution is 0.414. The standard InChI is InChI=1S/C24H21ClN2O2/c1-16-23(17-8-12-19(28-2)13-9-17)26-27(22-7-5-4-6-21(22)25)24(16)18-10-14-20(29-3)15-11-18/h4-15H,1-3H3. The number of hydrogen-bond donors (Lipinski definition) is 0. The number of methoxy groups -OCH3 is 2. The first-order valence-corrected chi connectivity index (χ1v) is 9.63. The van der Waals surface area contributed by atoms with Crippen molar-refractivity contribution in [1.82, 2.24) is 9.78 Å². The Kier molecular flexibility index (Phi) is 5.28. The van der Waals surface area contributed by atoms with Crippen molar-refractivity contribution in [1.29, 1.82) is 0 Å². The minimum atomic E-state index is 0.644. The Labute approximate surface area is 175 Å². The second-order valence-corrected chi connectivity index (χ2v) is 7.05. The number of benzene rings is 3. The highest BCUT2D eigenvalue weighted by atomic mass is 35.5. The van der Waals surface area contributed by atoms with Gasteiger partial charge in [-0.05, 0) is 67.6 Å². The lowest BCUT2D eigenvalue weighted by atomic mass is 10.0. The lowest BCUT2D eigenvalue weighted by Gasteiger charge is -2.11. The Bertz CT molecular complexity index is 1130. The fourth-order valence-corrected chi connectivity index (χ4v) is 3.62. The molecule has 4 aromatic rings. The van der Waals surface area contributed by atoms with Crippen molar-refractivity contribution in [3.63, 3.8) is 0 Å². The van der Waals surface area contributed by atoms with Gasteiger partial charge in [-0.1, -0.05) is 23.7 Å². The fraction of sp³-hybridized carbons (Fsp3) is 0.125. The van der Waals surface area contributed by atoms with Gasteiger partial charge in [-0.3, -0.25) is 0 Å². The summed E-state index contributed by atoms with van der Waals surface area (Å²) in [4.78, 5) is 0. The van der Waals surface area contributed by atoms with Crippen molar-refractivity contribution in [2.24, 2.45) is 0 Å². The van der Waals surface area contributed by atoms with Gasteiger partial charge >= 0.3 is 0 Å². The van der Waals surface area contributed by atoms with E-state index < -0.39 is 0 Å². The summed E-state index contributed by atoms with van der Waals surface area (Å²) >= 11 is 6.52. The van der Waals surface area contributed by atoms with E-state index in [-0.39, 0.29) is 0 Å². The Hall–Kier alpha value is -3.24. The van der Waals surface area contributed by atoms with E-state index in [0.29, 0.717) is 5.02 Å². The van der Waals surface area contributed by atoms with E-state index in [9.17, 15) is 0 Å². The third-order valence-electron chi connectivity index (χ3n) is 4.93. The molecule has 29 heavy (non-hydrogen) atoms. The summed E-state index contributed by atoms with van der Waals surface area (Å²) in [6.07, 6.45) is 0. The molecule has 0 radical (unpaired) electrons. The summed E-state index contributed by atoms with van der Waals surface area (Å²) in [5.41, 5.74) is 5.85. The zero-order valence-electron chi connectivity index (χ0n) is 16.5. The molecule has 3 aromatic carbocycles. The van der Waals surface area contributed by atoms with Crippen molar-refractivity contribution < 1.29 is 9.47 Å². The number of aromatic nitrogens is 2. The highest BCUT2D eigenvalue weighted by Crippen LogP contribution is 2.36. The molecule has 4 rings (SSSR count). The summed E-state index contributed by atoms with van der Waals surface area (Å²) in [7, 11) is 3.32. The molecule has 146 valence electrons. The first-order chi connectivity index (χ1) is 14.1. The number of nitrogens with zero attached hydrogens (tertiary/aromatic N) is 2. The van der Waals surface area contributed by atoms with Crippen molar-refractivity contribution >= 4 is 11.6 Å². The monoisotopic (exact) mass is 404 g/mol. The molecule has 0 atom stereocenters. The Balaban J connectivity index is 1.93. The smallest absolute Gasteiger partial charge is 0.118 e. The van der Waals surface area contributed by atoms with E-state index in [1.807, 2.05) is 77.5 Å². The largest absolute Gasteiger partial charge is 0.497 e. The highest BCUT2D eigenvalue weighted by molar-refractivity contribution is 6.32. The summed E-state index contributed by atoms with van der Waals surface area (Å²) in [6.45, 7) is 2.08. The number of rotatable bonds is 5. The van der Waals surface area contributed by atoms with E-state index in [1.54, 1.807) is 14.2 Å². The summed E-state index contributed by atoms with van der Waals surface area (Å²) in [5.74, 6) is 1.62. The number of ether oxygens (including phenoxy) is 2. The van der Waals surface area contributed by atoms with Gasteiger partial charge in [0.2, 0.25) is 0 Å². The maximum absolute atomic E-state index is 6.52. The zero-order valence-corrected chi connectivity index (χ0v) is 17.3. The van der Waals surface area contributed by atoms with Gasteiger partial charge in [-0.25, -0.2) is 4.68 Å². The van der Waals surface area contributed by atoms with Crippen molar-refractivity contribution in [3.8, 4) is 39.7 Å². The van der Waals surface area contributed by atoms with Gasteiger partial charge in [0, 0.05) is 16.7 Å². The molecule has 4 nitrogen and oxygen atoms in total. The minimum Gasteiger partial charge on any atom is -0.497 e. The lowest BCUT2D eigenvalue weighted by Crippen LogP contribution is -2.00. The van der Waals surface area contributed by atoms with Crippen LogP contribution < -0.4 is 9.47 Å². The number of hydrogen-bond acceptors (Lipinski definition) is 3. The van der Waals surface area contributed by atoms with Crippen LogP contribution in [0.25, 0.3) is 28.2 Å². The Morgan fingerprint density at radius 2 is 1.31 bits per heavy atom. The van der Waals surface area contributed by atoms with Crippen LogP contribution in [0.15, 0.2) is 72.8 Å². The Morgan fingerprint density at radius 1 is 0.759 bits per heavy atom. The predicted octanol–water partition coefficient (Wildman–Crippen LogP) is 6.19. The molecule has 0 saturated heterocycles. The second-order valence-electron chi connectivity index (χ2n) is 6.64. The van der Waals surface area contributed by atoms with Crippen LogP contribution in [0.1, 0.15) is 5.56 Å². The predicted molar refractivity (Wildman–Crippen MR) is 117 cm³/mol. The molecular formula is C24H21ClN2O2. The molecule has 0 bridgehead atoms. The van der Waals surface area contributed by atoms with Crippen LogP contribution in [0.4, 0.5) is 0 Å². The van der Waals surface area contributed by atoms with Crippen LogP contribution in [-0.2, 0) is 0 Å². The van der Waals surface area contributed by atoms with E-state index in [2.05, 4.69) is 6.92 Å². The molecule has 1 heterocycles. The van der Waals surface area contributed by atoms with Crippen LogP contribution in [0.2, 0.25) is 5.02 Å². The summed E-state index contributed by atoms with van der Waals surface area (Å²) in [6, 6.07) is 23.6. The van der Waals surface area contributed by atoms with Gasteiger partial charge in [0.15, 0.2) is 0 Å². The van der Waals surface area contributed by atoms with Crippen LogP contribution in [0.5, 0.6) is 11.5 Å². The van der Waals surface area contributed by atoms with Crippen molar-refractivity contribution in [3.05, 3.63) is 83.4 Å². The van der Waals surface area contributed by atoms with Gasteiger partial charge in [0.25, 0.3) is 0 Å². The first kappa shape index (κ1) is 19.1. The molecule has 0 N–H and O–H groups in total. The molecule has 0 unspecified atom stereocenters. The molecule has 0 aliphatic heterocycles. The highest BCUT2D eigenvalue weighted by Gasteiger charge is 2.20. The van der Waals surface area contributed by atoms with Gasteiger partial charge < -0.3 is 9.47 Å². The summed E-state index contributed by atoms with van der Waals surface area (Å²) < 4.78 is 12.5. The number of halogens is 1. The van der Waals surface area contributed by atoms with Gasteiger partial charge in [-0.2, -0.15) is 5.10 Å². The van der Waals surface area contributed by atoms with E-state index in [1.165, 1.54) is 0 Å². The molecule has 0 fully saturated rings. The van der Waals surface area contributed by atoms with E-state index in [4.69, 9.17) is 26.2 Å². The topological polar surface area (TPSA) is 36.3 Å². The van der Waals surface area contributed by atoms with Crippen LogP contribution in [0, 0.1) is 6.92 Å². The molecule has 1 aromatic heterocycles. The van der Waals surface area contributed by atoms with Gasteiger partial charge in [0.1, 0.15) is 11.5 Å². The van der Waals surface area contributed by atoms with Crippen LogP contribution >= 0.6 is 11.6 Å². The molecule has 0 saturated carbocycles. The van der Waals surface area contributed by atoms with Gasteiger partial charge in [-0.15, -0.1) is 0 Å². The van der Waals surface area contributed by atoms with E-state index in [0.717, 1.165) is 45.3 Å². The third kappa shape index (κ3) is 3.59. The normalized spacial score (nSPS) is 10.8. The molecular weight excluding hydrogens is 384 g/mol. The van der Waals surface area contributed by atoms with Gasteiger partial charge in [0.05, 0.1) is 36.3 Å². The molecule has 0 spiro atoms. The van der Waals surface area contributed by atoms with Crippen LogP contribution in [-0.4, -0.2) is 24.0 Å². The maximum Gasteiger partial charge on any atom is 0.118 e. The molecule has 0 aliphatic carbocycles. The zero-order chi connectivity index (χ0) is 20.4. The Morgan fingerprint density at radius 3 is 1.86 bits per heavy atom. The fourth-order valence-electron chi connectivity index (χ4n) is 3.40. The number of para-hydroxylation sites is 1. The van der Waals surface area contributed by atoms with Crippen molar-refractivity contribution in [2.45, 2.75) is 6.92 Å². The average molecular weight is 405 g/mol. The third-order valence-corrected chi connectivity index (χ3v) is 5.25. The van der Waals surface area contributed by atoms with Crippen LogP contribution in [0.3, 0.4) is 0 Å². The van der Waals surface area contributed by atoms with E-state index >= 15 is 0 Å². The maximum atomic E-state index is 6.52. The quantitative estimate of drug-likeness (QED) is 0.398.